The molecule has 0 aromatic heterocycles. The second kappa shape index (κ2) is 4.36. The van der Waals surface area contributed by atoms with Gasteiger partial charge in [0, 0.05) is 0 Å². The molecular formula is C7H7ClFN3S. The molecule has 4 N–H and O–H groups in total. The van der Waals surface area contributed by atoms with Crippen molar-refractivity contribution < 1.29 is 4.39 Å². The predicted octanol–water partition coefficient (Wildman–Crippen LogP) is 1.64. The normalized spacial score (nSPS) is 9.46. The second-order valence-electron chi connectivity index (χ2n) is 2.22. The molecule has 0 aliphatic carbocycles. The summed E-state index contributed by atoms with van der Waals surface area (Å²) in [4.78, 5) is 0. The number of anilines is 1. The number of hydrogen-bond acceptors (Lipinski definition) is 2. The molecule has 3 nitrogen and oxygen atoms in total. The lowest BCUT2D eigenvalue weighted by atomic mass is 10.3. The average Bonchev–Trinajstić information content (AvgIpc) is 2.11. The van der Waals surface area contributed by atoms with Crippen LogP contribution in [0.2, 0.25) is 5.02 Å². The molecule has 0 aliphatic heterocycles. The molecule has 1 aromatic carbocycles. The lowest BCUT2D eigenvalue weighted by molar-refractivity contribution is 0.628. The van der Waals surface area contributed by atoms with Gasteiger partial charge in [-0.05, 0) is 30.4 Å². The summed E-state index contributed by atoms with van der Waals surface area (Å²) in [6.07, 6.45) is 0. The highest BCUT2D eigenvalue weighted by Gasteiger charge is 2.02. The van der Waals surface area contributed by atoms with Gasteiger partial charge in [-0.2, -0.15) is 0 Å². The summed E-state index contributed by atoms with van der Waals surface area (Å²) in [5, 5.41) is 3.17. The molecule has 0 fully saturated rings. The van der Waals surface area contributed by atoms with Crippen LogP contribution in [0.15, 0.2) is 18.2 Å². The molecule has 0 aliphatic rings. The SMILES string of the molecule is NNC(=S)Nc1cc(F)ccc1Cl. The van der Waals surface area contributed by atoms with E-state index in [0.717, 1.165) is 0 Å². The Bertz CT molecular complexity index is 332. The van der Waals surface area contributed by atoms with Gasteiger partial charge in [0.25, 0.3) is 0 Å². The van der Waals surface area contributed by atoms with Crippen LogP contribution in [-0.4, -0.2) is 5.11 Å². The van der Waals surface area contributed by atoms with Gasteiger partial charge in [0.15, 0.2) is 5.11 Å². The molecule has 0 unspecified atom stereocenters. The molecule has 0 heterocycles. The molecule has 6 heteroatoms. The van der Waals surface area contributed by atoms with Crippen molar-refractivity contribution in [2.45, 2.75) is 0 Å². The summed E-state index contributed by atoms with van der Waals surface area (Å²) in [7, 11) is 0. The molecule has 0 saturated carbocycles. The fourth-order valence-corrected chi connectivity index (χ4v) is 1.03. The molecular weight excluding hydrogens is 213 g/mol. The molecule has 0 bridgehead atoms. The Morgan fingerprint density at radius 1 is 1.54 bits per heavy atom. The maximum Gasteiger partial charge on any atom is 0.185 e. The van der Waals surface area contributed by atoms with Crippen LogP contribution in [0.3, 0.4) is 0 Å². The van der Waals surface area contributed by atoms with Crippen LogP contribution in [-0.2, 0) is 0 Å². The van der Waals surface area contributed by atoms with E-state index in [0.29, 0.717) is 10.7 Å². The Hall–Kier alpha value is -0.910. The number of nitrogens with two attached hydrogens (primary N) is 1. The Labute approximate surface area is 85.0 Å². The standard InChI is InChI=1S/C7H7ClFN3S/c8-5-2-1-4(9)3-6(5)11-7(13)12-10/h1-3H,10H2,(H2,11,12,13). The molecule has 0 amide bonds. The van der Waals surface area contributed by atoms with Gasteiger partial charge in [0.2, 0.25) is 0 Å². The van der Waals surface area contributed by atoms with Gasteiger partial charge < -0.3 is 10.7 Å². The van der Waals surface area contributed by atoms with E-state index in [1.807, 2.05) is 0 Å². The maximum absolute atomic E-state index is 12.7. The topological polar surface area (TPSA) is 50.1 Å². The van der Waals surface area contributed by atoms with Crippen LogP contribution in [0.4, 0.5) is 10.1 Å². The number of hydrogen-bond donors (Lipinski definition) is 3. The lowest BCUT2D eigenvalue weighted by Crippen LogP contribution is -2.34. The first-order valence-corrected chi connectivity index (χ1v) is 4.15. The highest BCUT2D eigenvalue weighted by Crippen LogP contribution is 2.21. The number of thiocarbonyl (C=S) groups is 1. The number of benzene rings is 1. The molecule has 0 atom stereocenters. The van der Waals surface area contributed by atoms with Gasteiger partial charge in [0.1, 0.15) is 5.82 Å². The van der Waals surface area contributed by atoms with E-state index in [1.54, 1.807) is 0 Å². The summed E-state index contributed by atoms with van der Waals surface area (Å²) < 4.78 is 12.7. The Morgan fingerprint density at radius 3 is 2.85 bits per heavy atom. The van der Waals surface area contributed by atoms with Crippen LogP contribution in [0.1, 0.15) is 0 Å². The van der Waals surface area contributed by atoms with Crippen LogP contribution >= 0.6 is 23.8 Å². The number of nitrogens with one attached hydrogen (secondary N) is 2. The van der Waals surface area contributed by atoms with Gasteiger partial charge in [-0.1, -0.05) is 11.6 Å². The Morgan fingerprint density at radius 2 is 2.23 bits per heavy atom. The fourth-order valence-electron chi connectivity index (χ4n) is 0.752. The zero-order valence-electron chi connectivity index (χ0n) is 6.47. The van der Waals surface area contributed by atoms with Crippen LogP contribution < -0.4 is 16.6 Å². The molecule has 1 aromatic rings. The number of halogens is 2. The highest BCUT2D eigenvalue weighted by molar-refractivity contribution is 7.80. The van der Waals surface area contributed by atoms with Gasteiger partial charge >= 0.3 is 0 Å². The zero-order valence-corrected chi connectivity index (χ0v) is 8.05. The Balaban J connectivity index is 2.87. The van der Waals surface area contributed by atoms with Gasteiger partial charge in [0.05, 0.1) is 10.7 Å². The minimum absolute atomic E-state index is 0.174. The summed E-state index contributed by atoms with van der Waals surface area (Å²) in [6.45, 7) is 0. The number of hydrazine groups is 1. The highest BCUT2D eigenvalue weighted by atomic mass is 35.5. The molecule has 1 rings (SSSR count). The van der Waals surface area contributed by atoms with Crippen molar-refractivity contribution in [1.82, 2.24) is 5.43 Å². The smallest absolute Gasteiger partial charge is 0.185 e. The first-order chi connectivity index (χ1) is 6.13. The molecule has 0 radical (unpaired) electrons. The predicted molar refractivity (Wildman–Crippen MR) is 55.0 cm³/mol. The monoisotopic (exact) mass is 219 g/mol. The maximum atomic E-state index is 12.7. The summed E-state index contributed by atoms with van der Waals surface area (Å²) in [5.74, 6) is 4.62. The third kappa shape index (κ3) is 2.80. The third-order valence-corrected chi connectivity index (χ3v) is 1.86. The Kier molecular flexibility index (Phi) is 3.41. The minimum Gasteiger partial charge on any atom is -0.330 e. The average molecular weight is 220 g/mol. The first-order valence-electron chi connectivity index (χ1n) is 3.36. The molecule has 0 spiro atoms. The lowest BCUT2D eigenvalue weighted by Gasteiger charge is -2.08. The van der Waals surface area contributed by atoms with E-state index in [9.17, 15) is 4.39 Å². The second-order valence-corrected chi connectivity index (χ2v) is 3.04. The van der Waals surface area contributed by atoms with Crippen molar-refractivity contribution in [3.05, 3.63) is 29.0 Å². The van der Waals surface area contributed by atoms with Crippen molar-refractivity contribution in [1.29, 1.82) is 0 Å². The quantitative estimate of drug-likeness (QED) is 0.382. The minimum atomic E-state index is -0.397. The van der Waals surface area contributed by atoms with Crippen LogP contribution in [0, 0.1) is 5.82 Å². The zero-order chi connectivity index (χ0) is 9.84. The van der Waals surface area contributed by atoms with Gasteiger partial charge in [-0.3, -0.25) is 0 Å². The van der Waals surface area contributed by atoms with Crippen molar-refractivity contribution in [2.75, 3.05) is 5.32 Å². The summed E-state index contributed by atoms with van der Waals surface area (Å²) >= 11 is 10.5. The van der Waals surface area contributed by atoms with Crippen molar-refractivity contribution >= 4 is 34.6 Å². The van der Waals surface area contributed by atoms with E-state index in [2.05, 4.69) is 10.7 Å². The van der Waals surface area contributed by atoms with Crippen molar-refractivity contribution in [2.24, 2.45) is 5.84 Å². The van der Waals surface area contributed by atoms with Crippen LogP contribution in [0.25, 0.3) is 0 Å². The van der Waals surface area contributed by atoms with E-state index in [-0.39, 0.29) is 5.11 Å². The first kappa shape index (κ1) is 10.2. The van der Waals surface area contributed by atoms with E-state index < -0.39 is 5.82 Å². The summed E-state index contributed by atoms with van der Waals surface area (Å²) in [5.41, 5.74) is 2.58. The van der Waals surface area contributed by atoms with Crippen molar-refractivity contribution in [3.63, 3.8) is 0 Å². The number of rotatable bonds is 1. The van der Waals surface area contributed by atoms with Crippen LogP contribution in [0.5, 0.6) is 0 Å². The van der Waals surface area contributed by atoms with E-state index in [4.69, 9.17) is 29.7 Å². The molecule has 0 saturated heterocycles. The van der Waals surface area contributed by atoms with Gasteiger partial charge in [-0.15, -0.1) is 0 Å². The summed E-state index contributed by atoms with van der Waals surface area (Å²) in [6, 6.07) is 3.91. The molecule has 70 valence electrons. The van der Waals surface area contributed by atoms with E-state index in [1.165, 1.54) is 18.2 Å². The van der Waals surface area contributed by atoms with E-state index >= 15 is 0 Å². The molecule has 13 heavy (non-hydrogen) atoms. The fraction of sp³-hybridized carbons (Fsp3) is 0. The third-order valence-electron chi connectivity index (χ3n) is 1.31. The largest absolute Gasteiger partial charge is 0.330 e. The van der Waals surface area contributed by atoms with Gasteiger partial charge in [-0.25, -0.2) is 10.2 Å². The van der Waals surface area contributed by atoms with Crippen molar-refractivity contribution in [3.8, 4) is 0 Å².